The molecule has 0 unspecified atom stereocenters. The fourth-order valence-electron chi connectivity index (χ4n) is 1.82. The molecule has 0 saturated heterocycles. The van der Waals surface area contributed by atoms with E-state index in [-0.39, 0.29) is 5.76 Å². The number of furan rings is 1. The standard InChI is InChI=1S/C11H15NO3S/c1-16-11(5-2-6-11)7-12-9-4-3-8(15-9)10(13)14/h3-4,12H,2,5-7H2,1H3,(H,13,14). The molecule has 1 fully saturated rings. The van der Waals surface area contributed by atoms with Crippen molar-refractivity contribution in [1.29, 1.82) is 0 Å². The monoisotopic (exact) mass is 241 g/mol. The van der Waals surface area contributed by atoms with Crippen LogP contribution in [-0.2, 0) is 0 Å². The third-order valence-corrected chi connectivity index (χ3v) is 4.52. The highest BCUT2D eigenvalue weighted by molar-refractivity contribution is 8.00. The summed E-state index contributed by atoms with van der Waals surface area (Å²) in [6.07, 6.45) is 5.83. The minimum atomic E-state index is -1.03. The minimum absolute atomic E-state index is 0.0192. The lowest BCUT2D eigenvalue weighted by Gasteiger charge is -2.40. The number of rotatable bonds is 5. The molecule has 1 aliphatic carbocycles. The van der Waals surface area contributed by atoms with Gasteiger partial charge < -0.3 is 14.8 Å². The van der Waals surface area contributed by atoms with Crippen LogP contribution in [-0.4, -0.2) is 28.6 Å². The maximum absolute atomic E-state index is 10.6. The highest BCUT2D eigenvalue weighted by atomic mass is 32.2. The summed E-state index contributed by atoms with van der Waals surface area (Å²) in [6, 6.07) is 3.13. The van der Waals surface area contributed by atoms with Crippen LogP contribution >= 0.6 is 11.8 Å². The molecule has 0 atom stereocenters. The van der Waals surface area contributed by atoms with E-state index >= 15 is 0 Å². The van der Waals surface area contributed by atoms with Crippen molar-refractivity contribution < 1.29 is 14.3 Å². The van der Waals surface area contributed by atoms with Gasteiger partial charge in [-0.15, -0.1) is 0 Å². The van der Waals surface area contributed by atoms with Crippen LogP contribution in [0.15, 0.2) is 16.5 Å². The minimum Gasteiger partial charge on any atom is -0.475 e. The van der Waals surface area contributed by atoms with Crippen LogP contribution in [0.5, 0.6) is 0 Å². The Labute approximate surface area is 98.4 Å². The summed E-state index contributed by atoms with van der Waals surface area (Å²) in [5.41, 5.74) is 0. The van der Waals surface area contributed by atoms with E-state index in [1.165, 1.54) is 25.3 Å². The second-order valence-electron chi connectivity index (χ2n) is 4.06. The number of hydrogen-bond donors (Lipinski definition) is 2. The summed E-state index contributed by atoms with van der Waals surface area (Å²) in [4.78, 5) is 10.6. The van der Waals surface area contributed by atoms with Crippen molar-refractivity contribution in [1.82, 2.24) is 0 Å². The zero-order valence-electron chi connectivity index (χ0n) is 9.16. The first-order valence-corrected chi connectivity index (χ1v) is 6.50. The van der Waals surface area contributed by atoms with Gasteiger partial charge in [0.1, 0.15) is 0 Å². The quantitative estimate of drug-likeness (QED) is 0.829. The number of hydrogen-bond acceptors (Lipinski definition) is 4. The maximum atomic E-state index is 10.6. The van der Waals surface area contributed by atoms with Crippen LogP contribution in [0.1, 0.15) is 29.8 Å². The summed E-state index contributed by atoms with van der Waals surface area (Å²) in [6.45, 7) is 0.834. The number of thioether (sulfide) groups is 1. The second-order valence-corrected chi connectivity index (χ2v) is 5.34. The molecule has 1 aromatic rings. The average molecular weight is 241 g/mol. The van der Waals surface area contributed by atoms with Crippen molar-refractivity contribution in [3.63, 3.8) is 0 Å². The Morgan fingerprint density at radius 3 is 2.81 bits per heavy atom. The van der Waals surface area contributed by atoms with Gasteiger partial charge in [-0.3, -0.25) is 0 Å². The van der Waals surface area contributed by atoms with Crippen molar-refractivity contribution in [3.05, 3.63) is 17.9 Å². The van der Waals surface area contributed by atoms with E-state index < -0.39 is 5.97 Å². The number of carboxylic acids is 1. The van der Waals surface area contributed by atoms with E-state index in [1.807, 2.05) is 11.8 Å². The molecule has 88 valence electrons. The third-order valence-electron chi connectivity index (χ3n) is 3.10. The number of anilines is 1. The van der Waals surface area contributed by atoms with Gasteiger partial charge in [-0.25, -0.2) is 4.79 Å². The van der Waals surface area contributed by atoms with Crippen LogP contribution in [0.3, 0.4) is 0 Å². The van der Waals surface area contributed by atoms with E-state index in [9.17, 15) is 4.79 Å². The van der Waals surface area contributed by atoms with E-state index in [0.29, 0.717) is 10.6 Å². The van der Waals surface area contributed by atoms with Gasteiger partial charge in [-0.2, -0.15) is 11.8 Å². The Kier molecular flexibility index (Phi) is 3.14. The van der Waals surface area contributed by atoms with Gasteiger partial charge in [0, 0.05) is 17.4 Å². The zero-order valence-corrected chi connectivity index (χ0v) is 9.97. The summed E-state index contributed by atoms with van der Waals surface area (Å²) in [5, 5.41) is 11.9. The lowest BCUT2D eigenvalue weighted by Crippen LogP contribution is -2.40. The number of carboxylic acid groups (broad SMARTS) is 1. The first kappa shape index (κ1) is 11.4. The maximum Gasteiger partial charge on any atom is 0.371 e. The molecular weight excluding hydrogens is 226 g/mol. The lowest BCUT2D eigenvalue weighted by atomic mass is 9.84. The summed E-state index contributed by atoms with van der Waals surface area (Å²) in [5.74, 6) is -0.511. The second kappa shape index (κ2) is 4.41. The van der Waals surface area contributed by atoms with E-state index in [2.05, 4.69) is 11.6 Å². The Hall–Kier alpha value is -1.10. The first-order valence-electron chi connectivity index (χ1n) is 5.27. The predicted molar refractivity (Wildman–Crippen MR) is 64.3 cm³/mol. The number of carbonyl (C=O) groups is 1. The van der Waals surface area contributed by atoms with Crippen LogP contribution in [0.25, 0.3) is 0 Å². The van der Waals surface area contributed by atoms with E-state index in [4.69, 9.17) is 9.52 Å². The van der Waals surface area contributed by atoms with Crippen molar-refractivity contribution in [3.8, 4) is 0 Å². The lowest BCUT2D eigenvalue weighted by molar-refractivity contribution is 0.0663. The molecule has 1 heterocycles. The van der Waals surface area contributed by atoms with Gasteiger partial charge in [-0.1, -0.05) is 6.42 Å². The molecule has 0 aliphatic heterocycles. The molecule has 1 aromatic heterocycles. The fourth-order valence-corrected chi connectivity index (χ4v) is 2.73. The Morgan fingerprint density at radius 1 is 1.62 bits per heavy atom. The molecule has 0 aromatic carbocycles. The summed E-state index contributed by atoms with van der Waals surface area (Å²) < 4.78 is 5.45. The predicted octanol–water partition coefficient (Wildman–Crippen LogP) is 2.68. The molecule has 1 aliphatic rings. The molecule has 2 N–H and O–H groups in total. The molecule has 16 heavy (non-hydrogen) atoms. The van der Waals surface area contributed by atoms with Crippen LogP contribution in [0.2, 0.25) is 0 Å². The molecule has 1 saturated carbocycles. The summed E-state index contributed by atoms with van der Waals surface area (Å²) in [7, 11) is 0. The molecule has 2 rings (SSSR count). The average Bonchev–Trinajstić information content (AvgIpc) is 2.65. The smallest absolute Gasteiger partial charge is 0.371 e. The Bertz CT molecular complexity index is 379. The van der Waals surface area contributed by atoms with Gasteiger partial charge in [0.15, 0.2) is 5.88 Å². The Morgan fingerprint density at radius 2 is 2.38 bits per heavy atom. The molecule has 0 radical (unpaired) electrons. The normalized spacial score (nSPS) is 17.8. The van der Waals surface area contributed by atoms with Crippen LogP contribution in [0, 0.1) is 0 Å². The first-order chi connectivity index (χ1) is 7.65. The van der Waals surface area contributed by atoms with Gasteiger partial charge in [0.05, 0.1) is 0 Å². The van der Waals surface area contributed by atoms with E-state index in [0.717, 1.165) is 6.54 Å². The number of nitrogens with one attached hydrogen (secondary N) is 1. The van der Waals surface area contributed by atoms with Crippen LogP contribution in [0.4, 0.5) is 5.88 Å². The Balaban J connectivity index is 1.91. The van der Waals surface area contributed by atoms with Gasteiger partial charge >= 0.3 is 5.97 Å². The van der Waals surface area contributed by atoms with Crippen molar-refractivity contribution in [2.45, 2.75) is 24.0 Å². The van der Waals surface area contributed by atoms with Crippen molar-refractivity contribution in [2.24, 2.45) is 0 Å². The molecule has 0 spiro atoms. The van der Waals surface area contributed by atoms with Gasteiger partial charge in [0.2, 0.25) is 5.76 Å². The largest absolute Gasteiger partial charge is 0.475 e. The zero-order chi connectivity index (χ0) is 11.6. The molecular formula is C11H15NO3S. The highest BCUT2D eigenvalue weighted by Gasteiger charge is 2.35. The SMILES string of the molecule is CSC1(CNc2ccc(C(=O)O)o2)CCC1. The van der Waals surface area contributed by atoms with E-state index in [1.54, 1.807) is 6.07 Å². The molecule has 4 nitrogen and oxygen atoms in total. The molecule has 0 bridgehead atoms. The molecule has 5 heteroatoms. The third kappa shape index (κ3) is 2.19. The van der Waals surface area contributed by atoms with Gasteiger partial charge in [0.25, 0.3) is 0 Å². The topological polar surface area (TPSA) is 62.5 Å². The summed E-state index contributed by atoms with van der Waals surface area (Å²) >= 11 is 1.87. The number of aromatic carboxylic acids is 1. The van der Waals surface area contributed by atoms with Crippen LogP contribution < -0.4 is 5.32 Å². The molecule has 0 amide bonds. The van der Waals surface area contributed by atoms with Gasteiger partial charge in [-0.05, 0) is 25.2 Å². The van der Waals surface area contributed by atoms with Crippen molar-refractivity contribution >= 4 is 23.6 Å². The highest BCUT2D eigenvalue weighted by Crippen LogP contribution is 2.42. The fraction of sp³-hybridized carbons (Fsp3) is 0.545. The van der Waals surface area contributed by atoms with Crippen molar-refractivity contribution in [2.75, 3.05) is 18.1 Å².